The third kappa shape index (κ3) is 7.88. The first-order valence-corrected chi connectivity index (χ1v) is 10.8. The zero-order valence-electron chi connectivity index (χ0n) is 17.4. The summed E-state index contributed by atoms with van der Waals surface area (Å²) in [6.07, 6.45) is 7.58. The summed E-state index contributed by atoms with van der Waals surface area (Å²) in [6.45, 7) is 7.85. The summed E-state index contributed by atoms with van der Waals surface area (Å²) in [5, 5.41) is 10.8. The van der Waals surface area contributed by atoms with Crippen molar-refractivity contribution in [1.82, 2.24) is 14.7 Å². The quantitative estimate of drug-likeness (QED) is 0.586. The number of carbonyl (C=O) groups is 2. The Labute approximate surface area is 164 Å². The molecular weight excluding hydrogens is 342 g/mol. The van der Waals surface area contributed by atoms with Gasteiger partial charge in [-0.3, -0.25) is 14.5 Å². The fourth-order valence-electron chi connectivity index (χ4n) is 4.05. The minimum Gasteiger partial charge on any atom is -0.388 e. The number of hydrogen-bond acceptors (Lipinski definition) is 5. The molecule has 0 aromatic carbocycles. The Balaban J connectivity index is 1.57. The third-order valence-corrected chi connectivity index (χ3v) is 6.15. The number of unbranched alkanes of at least 4 members (excludes halogenated alkanes) is 3. The van der Waals surface area contributed by atoms with Gasteiger partial charge in [0.2, 0.25) is 5.91 Å². The lowest BCUT2D eigenvalue weighted by Crippen LogP contribution is -2.55. The van der Waals surface area contributed by atoms with Crippen LogP contribution in [0.15, 0.2) is 0 Å². The summed E-state index contributed by atoms with van der Waals surface area (Å²) < 4.78 is 0. The number of piperazine rings is 1. The van der Waals surface area contributed by atoms with Crippen molar-refractivity contribution < 1.29 is 14.7 Å². The van der Waals surface area contributed by atoms with Gasteiger partial charge in [-0.2, -0.15) is 0 Å². The predicted molar refractivity (Wildman–Crippen MR) is 108 cm³/mol. The number of piperidine rings is 1. The van der Waals surface area contributed by atoms with Gasteiger partial charge < -0.3 is 14.9 Å². The number of likely N-dealkylation sites (tertiary alicyclic amines) is 1. The maximum atomic E-state index is 12.4. The maximum Gasteiger partial charge on any atom is 0.222 e. The Bertz CT molecular complexity index is 467. The average Bonchev–Trinajstić information content (AvgIpc) is 2.67. The van der Waals surface area contributed by atoms with Crippen LogP contribution in [-0.4, -0.2) is 90.0 Å². The molecule has 0 saturated carbocycles. The van der Waals surface area contributed by atoms with Gasteiger partial charge in [0.05, 0.1) is 5.60 Å². The van der Waals surface area contributed by atoms with E-state index in [1.165, 1.54) is 0 Å². The first-order valence-electron chi connectivity index (χ1n) is 10.8. The summed E-state index contributed by atoms with van der Waals surface area (Å²) in [4.78, 5) is 30.2. The van der Waals surface area contributed by atoms with Crippen LogP contribution in [0.5, 0.6) is 0 Å². The molecule has 1 N–H and O–H groups in total. The molecule has 0 bridgehead atoms. The number of Topliss-reactive ketones (excluding diaryl/α,β-unsaturated/α-hetero) is 1. The van der Waals surface area contributed by atoms with Crippen LogP contribution in [0.2, 0.25) is 0 Å². The van der Waals surface area contributed by atoms with Gasteiger partial charge in [0.1, 0.15) is 5.78 Å². The average molecular weight is 382 g/mol. The maximum absolute atomic E-state index is 12.4. The van der Waals surface area contributed by atoms with Crippen molar-refractivity contribution in [3.05, 3.63) is 0 Å². The highest BCUT2D eigenvalue weighted by Crippen LogP contribution is 2.23. The zero-order chi connectivity index (χ0) is 19.7. The topological polar surface area (TPSA) is 64.1 Å². The second kappa shape index (κ2) is 11.1. The fraction of sp³-hybridized carbons (Fsp3) is 0.905. The Morgan fingerprint density at radius 1 is 0.889 bits per heavy atom. The second-order valence-corrected chi connectivity index (χ2v) is 8.49. The molecule has 2 rings (SSSR count). The van der Waals surface area contributed by atoms with E-state index in [-0.39, 0.29) is 5.91 Å². The van der Waals surface area contributed by atoms with E-state index in [2.05, 4.69) is 16.8 Å². The van der Waals surface area contributed by atoms with Gasteiger partial charge in [0.15, 0.2) is 0 Å². The zero-order valence-corrected chi connectivity index (χ0v) is 17.4. The van der Waals surface area contributed by atoms with Crippen LogP contribution in [0, 0.1) is 0 Å². The molecule has 27 heavy (non-hydrogen) atoms. The summed E-state index contributed by atoms with van der Waals surface area (Å²) in [6, 6.07) is 0. The van der Waals surface area contributed by atoms with Crippen LogP contribution in [-0.2, 0) is 9.59 Å². The van der Waals surface area contributed by atoms with Crippen molar-refractivity contribution in [2.45, 2.75) is 70.3 Å². The number of carbonyl (C=O) groups excluding carboxylic acids is 2. The smallest absolute Gasteiger partial charge is 0.222 e. The van der Waals surface area contributed by atoms with Crippen LogP contribution in [0.25, 0.3) is 0 Å². The summed E-state index contributed by atoms with van der Waals surface area (Å²) in [5.41, 5.74) is -0.558. The minimum absolute atomic E-state index is 0.261. The summed E-state index contributed by atoms with van der Waals surface area (Å²) in [5.74, 6) is 0.603. The van der Waals surface area contributed by atoms with Crippen molar-refractivity contribution in [3.8, 4) is 0 Å². The summed E-state index contributed by atoms with van der Waals surface area (Å²) in [7, 11) is 2.11. The van der Waals surface area contributed by atoms with E-state index in [1.807, 2.05) is 11.8 Å². The molecule has 2 fully saturated rings. The van der Waals surface area contributed by atoms with E-state index in [4.69, 9.17) is 0 Å². The number of ketones is 1. The van der Waals surface area contributed by atoms with Crippen LogP contribution < -0.4 is 0 Å². The molecule has 6 heteroatoms. The fourth-order valence-corrected chi connectivity index (χ4v) is 4.05. The number of hydrogen-bond donors (Lipinski definition) is 1. The van der Waals surface area contributed by atoms with Gasteiger partial charge in [-0.15, -0.1) is 0 Å². The van der Waals surface area contributed by atoms with Gasteiger partial charge >= 0.3 is 0 Å². The molecule has 0 atom stereocenters. The van der Waals surface area contributed by atoms with E-state index in [0.717, 1.165) is 84.3 Å². The highest BCUT2D eigenvalue weighted by atomic mass is 16.3. The molecule has 0 radical (unpaired) electrons. The van der Waals surface area contributed by atoms with Crippen LogP contribution in [0.4, 0.5) is 0 Å². The molecule has 0 aromatic rings. The first-order chi connectivity index (χ1) is 12.9. The normalized spacial score (nSPS) is 21.4. The third-order valence-electron chi connectivity index (χ3n) is 6.15. The molecule has 2 aliphatic heterocycles. The van der Waals surface area contributed by atoms with Crippen molar-refractivity contribution in [1.29, 1.82) is 0 Å². The van der Waals surface area contributed by atoms with Crippen LogP contribution >= 0.6 is 0 Å². The van der Waals surface area contributed by atoms with Crippen molar-refractivity contribution in [3.63, 3.8) is 0 Å². The minimum atomic E-state index is -0.558. The van der Waals surface area contributed by atoms with E-state index in [9.17, 15) is 14.7 Å². The number of nitrogens with zero attached hydrogens (tertiary/aromatic N) is 3. The van der Waals surface area contributed by atoms with Gasteiger partial charge in [0.25, 0.3) is 0 Å². The highest BCUT2D eigenvalue weighted by Gasteiger charge is 2.34. The molecule has 6 nitrogen and oxygen atoms in total. The van der Waals surface area contributed by atoms with Gasteiger partial charge in [-0.05, 0) is 32.7 Å². The lowest BCUT2D eigenvalue weighted by Gasteiger charge is -2.42. The van der Waals surface area contributed by atoms with E-state index >= 15 is 0 Å². The van der Waals surface area contributed by atoms with Crippen molar-refractivity contribution >= 4 is 11.7 Å². The molecule has 1 amide bonds. The van der Waals surface area contributed by atoms with E-state index in [1.54, 1.807) is 0 Å². The molecule has 2 aliphatic rings. The Kier molecular flexibility index (Phi) is 9.19. The lowest BCUT2D eigenvalue weighted by atomic mass is 9.91. The Hall–Kier alpha value is -0.980. The van der Waals surface area contributed by atoms with E-state index in [0.29, 0.717) is 25.0 Å². The largest absolute Gasteiger partial charge is 0.388 e. The number of β-amino-alcohol motifs (C(OH)–C–C–N with tert-alkyl or cyclic N) is 1. The van der Waals surface area contributed by atoms with Crippen molar-refractivity contribution in [2.75, 3.05) is 52.9 Å². The molecule has 0 aromatic heterocycles. The predicted octanol–water partition coefficient (Wildman–Crippen LogP) is 1.91. The second-order valence-electron chi connectivity index (χ2n) is 8.49. The number of amides is 1. The molecule has 156 valence electrons. The first kappa shape index (κ1) is 22.3. The van der Waals surface area contributed by atoms with Crippen LogP contribution in [0.3, 0.4) is 0 Å². The summed E-state index contributed by atoms with van der Waals surface area (Å²) >= 11 is 0. The van der Waals surface area contributed by atoms with Crippen molar-refractivity contribution in [2.24, 2.45) is 0 Å². The Morgan fingerprint density at radius 2 is 1.48 bits per heavy atom. The SMILES string of the molecule is CCC(=O)CCCCCCC(=O)N1CCN(CC2(O)CCN(C)CC2)CC1. The molecule has 0 aliphatic carbocycles. The van der Waals surface area contributed by atoms with E-state index < -0.39 is 5.60 Å². The lowest BCUT2D eigenvalue weighted by molar-refractivity contribution is -0.133. The molecule has 0 unspecified atom stereocenters. The molecule has 2 heterocycles. The molecule has 2 saturated heterocycles. The molecule has 0 spiro atoms. The standard InChI is InChI=1S/C21H39N3O3/c1-3-19(25)8-6-4-5-7-9-20(26)24-16-14-23(15-17-24)18-21(27)10-12-22(2)13-11-21/h27H,3-18H2,1-2H3. The van der Waals surface area contributed by atoms with Gasteiger partial charge in [-0.25, -0.2) is 0 Å². The Morgan fingerprint density at radius 3 is 2.07 bits per heavy atom. The number of aliphatic hydroxyl groups is 1. The molecular formula is C21H39N3O3. The highest BCUT2D eigenvalue weighted by molar-refractivity contribution is 5.78. The van der Waals surface area contributed by atoms with Crippen LogP contribution in [0.1, 0.15) is 64.7 Å². The monoisotopic (exact) mass is 381 g/mol. The van der Waals surface area contributed by atoms with Gasteiger partial charge in [0, 0.05) is 65.1 Å². The van der Waals surface area contributed by atoms with Gasteiger partial charge in [-0.1, -0.05) is 19.8 Å². The number of rotatable bonds is 10.